The summed E-state index contributed by atoms with van der Waals surface area (Å²) in [5.74, 6) is 6.33. The van der Waals surface area contributed by atoms with Crippen molar-refractivity contribution in [2.24, 2.45) is 11.8 Å². The molecule has 0 saturated heterocycles. The fourth-order valence-electron chi connectivity index (χ4n) is 1.92. The molecule has 2 atom stereocenters. The molecule has 0 aromatic heterocycles. The zero-order chi connectivity index (χ0) is 10.1. The van der Waals surface area contributed by atoms with Gasteiger partial charge in [-0.2, -0.15) is 0 Å². The SMILES string of the molecule is CCCCC(CC)C(CCC)NN. The molecule has 0 rings (SSSR count). The van der Waals surface area contributed by atoms with Crippen LogP contribution in [-0.4, -0.2) is 6.04 Å². The van der Waals surface area contributed by atoms with E-state index in [-0.39, 0.29) is 0 Å². The summed E-state index contributed by atoms with van der Waals surface area (Å²) in [6.45, 7) is 6.73. The average molecular weight is 186 g/mol. The molecular formula is C11H26N2. The Balaban J connectivity index is 3.84. The standard InChI is InChI=1S/C11H26N2/c1-4-7-9-10(6-3)11(13-12)8-5-2/h10-11,13H,4-9,12H2,1-3H3. The van der Waals surface area contributed by atoms with E-state index in [1.807, 2.05) is 0 Å². The Labute approximate surface area is 83.2 Å². The molecule has 3 N–H and O–H groups in total. The molecule has 0 bridgehead atoms. The highest BCUT2D eigenvalue weighted by atomic mass is 15.2. The second kappa shape index (κ2) is 8.52. The summed E-state index contributed by atoms with van der Waals surface area (Å²) in [6.07, 6.45) is 7.62. The fraction of sp³-hybridized carbons (Fsp3) is 1.00. The van der Waals surface area contributed by atoms with Gasteiger partial charge in [-0.15, -0.1) is 0 Å². The van der Waals surface area contributed by atoms with Gasteiger partial charge in [0.25, 0.3) is 0 Å². The first kappa shape index (κ1) is 12.9. The lowest BCUT2D eigenvalue weighted by Crippen LogP contribution is -2.40. The first-order valence-corrected chi connectivity index (χ1v) is 5.76. The van der Waals surface area contributed by atoms with Crippen molar-refractivity contribution in [1.29, 1.82) is 0 Å². The maximum Gasteiger partial charge on any atom is 0.0238 e. The van der Waals surface area contributed by atoms with Crippen molar-refractivity contribution in [1.82, 2.24) is 5.43 Å². The highest BCUT2D eigenvalue weighted by Crippen LogP contribution is 2.19. The second-order valence-corrected chi connectivity index (χ2v) is 3.87. The van der Waals surface area contributed by atoms with Gasteiger partial charge in [-0.25, -0.2) is 0 Å². The molecular weight excluding hydrogens is 160 g/mol. The number of hydrogen-bond donors (Lipinski definition) is 2. The average Bonchev–Trinajstić information content (AvgIpc) is 2.17. The molecule has 2 heteroatoms. The minimum Gasteiger partial charge on any atom is -0.271 e. The van der Waals surface area contributed by atoms with Crippen molar-refractivity contribution in [2.45, 2.75) is 65.3 Å². The van der Waals surface area contributed by atoms with Crippen LogP contribution in [0.25, 0.3) is 0 Å². The third-order valence-corrected chi connectivity index (χ3v) is 2.84. The van der Waals surface area contributed by atoms with Gasteiger partial charge < -0.3 is 0 Å². The van der Waals surface area contributed by atoms with Gasteiger partial charge in [-0.05, 0) is 18.8 Å². The zero-order valence-electron chi connectivity index (χ0n) is 9.47. The van der Waals surface area contributed by atoms with E-state index < -0.39 is 0 Å². The van der Waals surface area contributed by atoms with Gasteiger partial charge in [-0.3, -0.25) is 11.3 Å². The lowest BCUT2D eigenvalue weighted by atomic mass is 9.89. The summed E-state index contributed by atoms with van der Waals surface area (Å²) in [6, 6.07) is 0.529. The Hall–Kier alpha value is -0.0800. The topological polar surface area (TPSA) is 38.0 Å². The Morgan fingerprint density at radius 2 is 1.77 bits per heavy atom. The van der Waals surface area contributed by atoms with Gasteiger partial charge in [0.15, 0.2) is 0 Å². The summed E-state index contributed by atoms with van der Waals surface area (Å²) in [7, 11) is 0. The molecule has 80 valence electrons. The van der Waals surface area contributed by atoms with Crippen molar-refractivity contribution in [3.8, 4) is 0 Å². The van der Waals surface area contributed by atoms with E-state index in [1.54, 1.807) is 0 Å². The minimum atomic E-state index is 0.529. The quantitative estimate of drug-likeness (QED) is 0.452. The van der Waals surface area contributed by atoms with Crippen molar-refractivity contribution < 1.29 is 0 Å². The van der Waals surface area contributed by atoms with Crippen molar-refractivity contribution in [3.63, 3.8) is 0 Å². The number of rotatable bonds is 8. The number of nitrogens with one attached hydrogen (secondary N) is 1. The van der Waals surface area contributed by atoms with E-state index in [0.717, 1.165) is 5.92 Å². The molecule has 0 aliphatic rings. The van der Waals surface area contributed by atoms with Crippen LogP contribution in [0.4, 0.5) is 0 Å². The minimum absolute atomic E-state index is 0.529. The van der Waals surface area contributed by atoms with Crippen LogP contribution in [0, 0.1) is 5.92 Å². The number of unbranched alkanes of at least 4 members (excludes halogenated alkanes) is 1. The van der Waals surface area contributed by atoms with Crippen LogP contribution in [0.3, 0.4) is 0 Å². The predicted octanol–water partition coefficient (Wildman–Crippen LogP) is 2.83. The molecule has 0 aromatic carbocycles. The molecule has 0 heterocycles. The van der Waals surface area contributed by atoms with Crippen LogP contribution in [0.2, 0.25) is 0 Å². The molecule has 2 unspecified atom stereocenters. The summed E-state index contributed by atoms with van der Waals surface area (Å²) < 4.78 is 0. The lowest BCUT2D eigenvalue weighted by molar-refractivity contribution is 0.304. The van der Waals surface area contributed by atoms with Crippen LogP contribution >= 0.6 is 0 Å². The normalized spacial score (nSPS) is 15.7. The molecule has 0 saturated carbocycles. The largest absolute Gasteiger partial charge is 0.271 e. The molecule has 13 heavy (non-hydrogen) atoms. The van der Waals surface area contributed by atoms with Gasteiger partial charge in [0.2, 0.25) is 0 Å². The maximum absolute atomic E-state index is 5.56. The monoisotopic (exact) mass is 186 g/mol. The lowest BCUT2D eigenvalue weighted by Gasteiger charge is -2.25. The maximum atomic E-state index is 5.56. The van der Waals surface area contributed by atoms with Crippen LogP contribution < -0.4 is 11.3 Å². The summed E-state index contributed by atoms with van der Waals surface area (Å²) in [5, 5.41) is 0. The van der Waals surface area contributed by atoms with E-state index in [0.29, 0.717) is 6.04 Å². The predicted molar refractivity (Wildman–Crippen MR) is 59.3 cm³/mol. The molecule has 0 aliphatic heterocycles. The molecule has 0 aromatic rings. The van der Waals surface area contributed by atoms with Crippen molar-refractivity contribution in [3.05, 3.63) is 0 Å². The van der Waals surface area contributed by atoms with Gasteiger partial charge >= 0.3 is 0 Å². The summed E-state index contributed by atoms with van der Waals surface area (Å²) >= 11 is 0. The van der Waals surface area contributed by atoms with Crippen molar-refractivity contribution >= 4 is 0 Å². The van der Waals surface area contributed by atoms with Gasteiger partial charge in [0.1, 0.15) is 0 Å². The highest BCUT2D eigenvalue weighted by Gasteiger charge is 2.16. The molecule has 0 amide bonds. The second-order valence-electron chi connectivity index (χ2n) is 3.87. The van der Waals surface area contributed by atoms with E-state index >= 15 is 0 Å². The zero-order valence-corrected chi connectivity index (χ0v) is 9.47. The van der Waals surface area contributed by atoms with E-state index in [9.17, 15) is 0 Å². The van der Waals surface area contributed by atoms with E-state index in [1.165, 1.54) is 38.5 Å². The fourth-order valence-corrected chi connectivity index (χ4v) is 1.92. The van der Waals surface area contributed by atoms with Gasteiger partial charge in [-0.1, -0.05) is 46.5 Å². The highest BCUT2D eigenvalue weighted by molar-refractivity contribution is 4.72. The van der Waals surface area contributed by atoms with Gasteiger partial charge in [0.05, 0.1) is 0 Å². The van der Waals surface area contributed by atoms with Crippen LogP contribution in [0.1, 0.15) is 59.3 Å². The Morgan fingerprint density at radius 1 is 1.08 bits per heavy atom. The Kier molecular flexibility index (Phi) is 8.46. The van der Waals surface area contributed by atoms with Crippen LogP contribution in [-0.2, 0) is 0 Å². The molecule has 0 fully saturated rings. The molecule has 0 spiro atoms. The Morgan fingerprint density at radius 3 is 2.15 bits per heavy atom. The summed E-state index contributed by atoms with van der Waals surface area (Å²) in [4.78, 5) is 0. The van der Waals surface area contributed by atoms with Gasteiger partial charge in [0, 0.05) is 6.04 Å². The number of hydrazine groups is 1. The Bertz CT molecular complexity index is 104. The third-order valence-electron chi connectivity index (χ3n) is 2.84. The number of nitrogens with two attached hydrogens (primary N) is 1. The smallest absolute Gasteiger partial charge is 0.0238 e. The number of hydrogen-bond acceptors (Lipinski definition) is 2. The molecule has 0 radical (unpaired) electrons. The van der Waals surface area contributed by atoms with Crippen molar-refractivity contribution in [2.75, 3.05) is 0 Å². The molecule has 2 nitrogen and oxygen atoms in total. The first-order chi connectivity index (χ1) is 6.29. The van der Waals surface area contributed by atoms with E-state index in [4.69, 9.17) is 5.84 Å². The molecule has 0 aliphatic carbocycles. The van der Waals surface area contributed by atoms with Crippen LogP contribution in [0.5, 0.6) is 0 Å². The van der Waals surface area contributed by atoms with E-state index in [2.05, 4.69) is 26.2 Å². The third kappa shape index (κ3) is 5.27. The first-order valence-electron chi connectivity index (χ1n) is 5.76. The summed E-state index contributed by atoms with van der Waals surface area (Å²) in [5.41, 5.74) is 2.96. The van der Waals surface area contributed by atoms with Crippen LogP contribution in [0.15, 0.2) is 0 Å².